The summed E-state index contributed by atoms with van der Waals surface area (Å²) in [6.07, 6.45) is 7.93. The van der Waals surface area contributed by atoms with Crippen LogP contribution in [0.1, 0.15) is 64.0 Å². The normalized spacial score (nSPS) is 12.4. The summed E-state index contributed by atoms with van der Waals surface area (Å²) < 4.78 is 36.1. The summed E-state index contributed by atoms with van der Waals surface area (Å²) in [6, 6.07) is 14.9. The van der Waals surface area contributed by atoms with E-state index in [1.54, 1.807) is 19.1 Å². The van der Waals surface area contributed by atoms with E-state index in [0.717, 1.165) is 36.1 Å². The lowest BCUT2D eigenvalue weighted by molar-refractivity contribution is -0.139. The van der Waals surface area contributed by atoms with Crippen LogP contribution in [-0.4, -0.2) is 33.4 Å². The van der Waals surface area contributed by atoms with Crippen molar-refractivity contribution in [2.45, 2.75) is 57.8 Å². The van der Waals surface area contributed by atoms with E-state index in [0.29, 0.717) is 42.4 Å². The molecule has 2 aromatic rings. The van der Waals surface area contributed by atoms with Crippen LogP contribution in [0.4, 0.5) is 0 Å². The van der Waals surface area contributed by atoms with Gasteiger partial charge < -0.3 is 9.47 Å². The van der Waals surface area contributed by atoms with Crippen LogP contribution in [0.2, 0.25) is 0 Å². The van der Waals surface area contributed by atoms with Gasteiger partial charge in [-0.3, -0.25) is 0 Å². The number of carbonyl (C=O) groups is 1. The number of hydrogen-bond donors (Lipinski definition) is 0. The molecule has 0 aliphatic heterocycles. The fraction of sp³-hybridized carbons (Fsp3) is 0.414. The van der Waals surface area contributed by atoms with Crippen molar-refractivity contribution in [1.29, 1.82) is 0 Å². The summed E-state index contributed by atoms with van der Waals surface area (Å²) in [6.45, 7) is 10.5. The minimum absolute atomic E-state index is 0.110. The predicted octanol–water partition coefficient (Wildman–Crippen LogP) is 6.74. The summed E-state index contributed by atoms with van der Waals surface area (Å²) in [4.78, 5) is 11.6. The maximum Gasteiger partial charge on any atom is 0.333 e. The van der Waals surface area contributed by atoms with Crippen LogP contribution in [0.5, 0.6) is 5.75 Å². The van der Waals surface area contributed by atoms with Crippen LogP contribution in [-0.2, 0) is 19.4 Å². The fourth-order valence-electron chi connectivity index (χ4n) is 3.16. The summed E-state index contributed by atoms with van der Waals surface area (Å²) in [5.74, 6) is 1.12. The average molecular weight is 499 g/mol. The van der Waals surface area contributed by atoms with Crippen molar-refractivity contribution in [2.24, 2.45) is 5.92 Å². The lowest BCUT2D eigenvalue weighted by Gasteiger charge is -2.10. The van der Waals surface area contributed by atoms with E-state index in [9.17, 15) is 13.2 Å². The van der Waals surface area contributed by atoms with Crippen LogP contribution in [0.25, 0.3) is 12.2 Å². The molecule has 0 bridgehead atoms. The molecule has 0 radical (unpaired) electrons. The Morgan fingerprint density at radius 1 is 0.943 bits per heavy atom. The number of carbonyl (C=O) groups excluding carboxylic acids is 1. The van der Waals surface area contributed by atoms with Gasteiger partial charge in [0.15, 0.2) is 9.84 Å². The van der Waals surface area contributed by atoms with Gasteiger partial charge in [-0.15, -0.1) is 0 Å². The highest BCUT2D eigenvalue weighted by molar-refractivity contribution is 7.91. The molecule has 1 atom stereocenters. The molecule has 0 aromatic heterocycles. The molecular weight excluding hydrogens is 460 g/mol. The third-order valence-corrected chi connectivity index (χ3v) is 7.52. The first-order chi connectivity index (χ1) is 16.7. The molecule has 2 aromatic carbocycles. The molecule has 0 N–H and O–H groups in total. The van der Waals surface area contributed by atoms with Gasteiger partial charge in [0.05, 0.1) is 23.9 Å². The molecule has 2 rings (SSSR count). The molecule has 0 saturated carbocycles. The molecule has 0 fully saturated rings. The van der Waals surface area contributed by atoms with Crippen molar-refractivity contribution in [1.82, 2.24) is 0 Å². The highest BCUT2D eigenvalue weighted by Gasteiger charge is 2.13. The van der Waals surface area contributed by atoms with Crippen LogP contribution in [0.3, 0.4) is 0 Å². The molecule has 0 unspecified atom stereocenters. The highest BCUT2D eigenvalue weighted by Crippen LogP contribution is 2.18. The van der Waals surface area contributed by atoms with Gasteiger partial charge in [0, 0.05) is 5.57 Å². The van der Waals surface area contributed by atoms with Crippen molar-refractivity contribution in [2.75, 3.05) is 19.0 Å². The van der Waals surface area contributed by atoms with E-state index in [1.807, 2.05) is 48.6 Å². The Labute approximate surface area is 210 Å². The van der Waals surface area contributed by atoms with Crippen LogP contribution >= 0.6 is 0 Å². The second-order valence-corrected chi connectivity index (χ2v) is 11.1. The lowest BCUT2D eigenvalue weighted by Crippen LogP contribution is -2.08. The Hall–Kier alpha value is -2.86. The molecule has 0 amide bonds. The molecular formula is C29H38O5S. The zero-order valence-corrected chi connectivity index (χ0v) is 22.0. The number of rotatable bonds is 15. The van der Waals surface area contributed by atoms with E-state index in [1.165, 1.54) is 0 Å². The smallest absolute Gasteiger partial charge is 0.333 e. The first kappa shape index (κ1) is 28.4. The number of unbranched alkanes of at least 4 members (excludes halogenated alkanes) is 3. The van der Waals surface area contributed by atoms with Gasteiger partial charge in [-0.25, -0.2) is 13.2 Å². The van der Waals surface area contributed by atoms with Gasteiger partial charge in [-0.1, -0.05) is 76.1 Å². The topological polar surface area (TPSA) is 69.7 Å². The Morgan fingerprint density at radius 3 is 2.09 bits per heavy atom. The minimum atomic E-state index is -3.32. The highest BCUT2D eigenvalue weighted by atomic mass is 32.2. The Balaban J connectivity index is 1.77. The zero-order valence-electron chi connectivity index (χ0n) is 21.2. The first-order valence-corrected chi connectivity index (χ1v) is 13.9. The van der Waals surface area contributed by atoms with Crippen molar-refractivity contribution in [3.63, 3.8) is 0 Å². The Morgan fingerprint density at radius 2 is 1.51 bits per heavy atom. The number of esters is 1. The van der Waals surface area contributed by atoms with Gasteiger partial charge in [-0.2, -0.15) is 0 Å². The summed E-state index contributed by atoms with van der Waals surface area (Å²) in [7, 11) is -3.32. The first-order valence-electron chi connectivity index (χ1n) is 12.3. The summed E-state index contributed by atoms with van der Waals surface area (Å²) >= 11 is 0. The second-order valence-electron chi connectivity index (χ2n) is 8.95. The molecule has 0 aliphatic carbocycles. The fourth-order valence-corrected chi connectivity index (χ4v) is 4.53. The molecule has 0 saturated heterocycles. The monoisotopic (exact) mass is 498 g/mol. The Kier molecular flexibility index (Phi) is 11.8. The van der Waals surface area contributed by atoms with Crippen LogP contribution in [0, 0.1) is 5.92 Å². The number of benzene rings is 2. The lowest BCUT2D eigenvalue weighted by atomic mass is 10.1. The third-order valence-electron chi connectivity index (χ3n) is 5.71. The molecule has 0 aliphatic rings. The van der Waals surface area contributed by atoms with Crippen molar-refractivity contribution < 1.29 is 22.7 Å². The SMILES string of the molecule is C=C(C)C(=O)OCCCCCCS(=O)(=O)c1ccc(C=Cc2ccc(OC[C@H](C)CC)cc2)cc1. The maximum atomic E-state index is 12.6. The molecule has 35 heavy (non-hydrogen) atoms. The Bertz CT molecular complexity index is 1070. The van der Waals surface area contributed by atoms with Gasteiger partial charge >= 0.3 is 5.97 Å². The van der Waals surface area contributed by atoms with Crippen LogP contribution < -0.4 is 4.74 Å². The quantitative estimate of drug-likeness (QED) is 0.118. The molecule has 190 valence electrons. The average Bonchev–Trinajstić information content (AvgIpc) is 2.86. The van der Waals surface area contributed by atoms with E-state index in [-0.39, 0.29) is 11.7 Å². The molecule has 6 heteroatoms. The number of sulfone groups is 1. The van der Waals surface area contributed by atoms with E-state index >= 15 is 0 Å². The van der Waals surface area contributed by atoms with Crippen molar-refractivity contribution in [3.8, 4) is 5.75 Å². The third kappa shape index (κ3) is 10.5. The predicted molar refractivity (Wildman–Crippen MR) is 143 cm³/mol. The van der Waals surface area contributed by atoms with Gasteiger partial charge in [0.2, 0.25) is 0 Å². The second kappa shape index (κ2) is 14.5. The number of ether oxygens (including phenoxy) is 2. The van der Waals surface area contributed by atoms with Crippen molar-refractivity contribution >= 4 is 28.0 Å². The van der Waals surface area contributed by atoms with E-state index in [4.69, 9.17) is 9.47 Å². The van der Waals surface area contributed by atoms with Crippen LogP contribution in [0.15, 0.2) is 65.6 Å². The molecule has 5 nitrogen and oxygen atoms in total. The zero-order chi connectivity index (χ0) is 25.7. The minimum Gasteiger partial charge on any atom is -0.493 e. The van der Waals surface area contributed by atoms with E-state index in [2.05, 4.69) is 20.4 Å². The maximum absolute atomic E-state index is 12.6. The number of hydrogen-bond acceptors (Lipinski definition) is 5. The molecule has 0 heterocycles. The van der Waals surface area contributed by atoms with Crippen molar-refractivity contribution in [3.05, 3.63) is 71.8 Å². The molecule has 0 spiro atoms. The summed E-state index contributed by atoms with van der Waals surface area (Å²) in [5, 5.41) is 0. The van der Waals surface area contributed by atoms with E-state index < -0.39 is 9.84 Å². The summed E-state index contributed by atoms with van der Waals surface area (Å²) in [5.41, 5.74) is 2.37. The largest absolute Gasteiger partial charge is 0.493 e. The van der Waals surface area contributed by atoms with Gasteiger partial charge in [0.1, 0.15) is 5.75 Å². The van der Waals surface area contributed by atoms with Gasteiger partial charge in [0.25, 0.3) is 0 Å². The standard InChI is InChI=1S/C29H38O5S/c1-5-24(4)22-34-27-16-12-25(13-17-27)10-11-26-14-18-28(19-15-26)35(31,32)21-9-7-6-8-20-33-29(30)23(2)3/h10-19,24H,2,5-9,20-22H2,1,3-4H3/t24-/m1/s1. The van der Waals surface area contributed by atoms with Gasteiger partial charge in [-0.05, 0) is 61.1 Å².